The number of hydrogen-bond acceptors (Lipinski definition) is 3. The van der Waals surface area contributed by atoms with Gasteiger partial charge in [0.15, 0.2) is 0 Å². The van der Waals surface area contributed by atoms with Crippen molar-refractivity contribution in [3.05, 3.63) is 41.4 Å². The first-order valence-corrected chi connectivity index (χ1v) is 5.67. The van der Waals surface area contributed by atoms with Crippen LogP contribution in [0.5, 0.6) is 0 Å². The number of aromatic nitrogens is 2. The molecule has 0 saturated heterocycles. The molecule has 0 saturated carbocycles. The van der Waals surface area contributed by atoms with Gasteiger partial charge in [-0.2, -0.15) is 9.49 Å². The standard InChI is InChI=1S/C12H16FN3O/c1-3-16-12(13)11(9(2)15-16)8-14-7-10-5-4-6-17-10/h4-6,14H,3,7-8H2,1-2H3. The number of halogens is 1. The van der Waals surface area contributed by atoms with Crippen LogP contribution >= 0.6 is 0 Å². The molecular formula is C12H16FN3O. The van der Waals surface area contributed by atoms with Gasteiger partial charge in [-0.15, -0.1) is 0 Å². The first-order chi connectivity index (χ1) is 8.22. The zero-order chi connectivity index (χ0) is 12.3. The van der Waals surface area contributed by atoms with E-state index in [1.807, 2.05) is 26.0 Å². The molecule has 17 heavy (non-hydrogen) atoms. The summed E-state index contributed by atoms with van der Waals surface area (Å²) in [4.78, 5) is 0. The van der Waals surface area contributed by atoms with Crippen molar-refractivity contribution in [3.8, 4) is 0 Å². The molecule has 0 aliphatic carbocycles. The van der Waals surface area contributed by atoms with Crippen LogP contribution in [0.1, 0.15) is 23.9 Å². The SMILES string of the molecule is CCn1nc(C)c(CNCc2ccco2)c1F. The first-order valence-electron chi connectivity index (χ1n) is 5.67. The molecule has 2 aromatic heterocycles. The largest absolute Gasteiger partial charge is 0.468 e. The van der Waals surface area contributed by atoms with Gasteiger partial charge in [0.05, 0.1) is 18.5 Å². The normalized spacial score (nSPS) is 11.0. The van der Waals surface area contributed by atoms with E-state index in [9.17, 15) is 4.39 Å². The highest BCUT2D eigenvalue weighted by Crippen LogP contribution is 2.12. The maximum atomic E-state index is 13.8. The Bertz CT molecular complexity index is 476. The third-order valence-electron chi connectivity index (χ3n) is 2.66. The Morgan fingerprint density at radius 1 is 1.47 bits per heavy atom. The van der Waals surface area contributed by atoms with Gasteiger partial charge in [-0.3, -0.25) is 0 Å². The van der Waals surface area contributed by atoms with Gasteiger partial charge in [0.1, 0.15) is 5.76 Å². The Morgan fingerprint density at radius 2 is 2.29 bits per heavy atom. The summed E-state index contributed by atoms with van der Waals surface area (Å²) in [5.41, 5.74) is 1.36. The average Bonchev–Trinajstić information content (AvgIpc) is 2.91. The fraction of sp³-hybridized carbons (Fsp3) is 0.417. The number of aryl methyl sites for hydroxylation is 2. The monoisotopic (exact) mass is 237 g/mol. The van der Waals surface area contributed by atoms with Crippen molar-refractivity contribution >= 4 is 0 Å². The lowest BCUT2D eigenvalue weighted by Crippen LogP contribution is -2.13. The van der Waals surface area contributed by atoms with E-state index < -0.39 is 0 Å². The van der Waals surface area contributed by atoms with E-state index in [1.165, 1.54) is 4.68 Å². The maximum Gasteiger partial charge on any atom is 0.216 e. The van der Waals surface area contributed by atoms with Crippen LogP contribution in [0.4, 0.5) is 4.39 Å². The number of rotatable bonds is 5. The van der Waals surface area contributed by atoms with Crippen LogP contribution in [-0.2, 0) is 19.6 Å². The minimum absolute atomic E-state index is 0.253. The Labute approximate surface area is 99.4 Å². The molecule has 2 rings (SSSR count). The van der Waals surface area contributed by atoms with Gasteiger partial charge >= 0.3 is 0 Å². The summed E-state index contributed by atoms with van der Waals surface area (Å²) in [6.45, 7) is 5.28. The van der Waals surface area contributed by atoms with E-state index in [2.05, 4.69) is 10.4 Å². The zero-order valence-corrected chi connectivity index (χ0v) is 10.0. The number of nitrogens with one attached hydrogen (secondary N) is 1. The van der Waals surface area contributed by atoms with E-state index in [4.69, 9.17) is 4.42 Å². The van der Waals surface area contributed by atoms with Crippen molar-refractivity contribution in [1.29, 1.82) is 0 Å². The van der Waals surface area contributed by atoms with Crippen molar-refractivity contribution in [3.63, 3.8) is 0 Å². The molecule has 0 aliphatic heterocycles. The van der Waals surface area contributed by atoms with Crippen molar-refractivity contribution in [2.24, 2.45) is 0 Å². The van der Waals surface area contributed by atoms with Gasteiger partial charge < -0.3 is 9.73 Å². The van der Waals surface area contributed by atoms with Gasteiger partial charge in [-0.25, -0.2) is 4.68 Å². The number of nitrogens with zero attached hydrogens (tertiary/aromatic N) is 2. The highest BCUT2D eigenvalue weighted by molar-refractivity contribution is 5.17. The summed E-state index contributed by atoms with van der Waals surface area (Å²) in [5.74, 6) is 0.586. The van der Waals surface area contributed by atoms with Crippen LogP contribution in [-0.4, -0.2) is 9.78 Å². The highest BCUT2D eigenvalue weighted by Gasteiger charge is 2.13. The Morgan fingerprint density at radius 3 is 2.88 bits per heavy atom. The Kier molecular flexibility index (Phi) is 3.58. The van der Waals surface area contributed by atoms with Crippen LogP contribution in [0, 0.1) is 12.9 Å². The molecule has 0 aromatic carbocycles. The lowest BCUT2D eigenvalue weighted by Gasteiger charge is -2.02. The van der Waals surface area contributed by atoms with Crippen LogP contribution < -0.4 is 5.32 Å². The van der Waals surface area contributed by atoms with Crippen LogP contribution in [0.15, 0.2) is 22.8 Å². The van der Waals surface area contributed by atoms with E-state index >= 15 is 0 Å². The third-order valence-corrected chi connectivity index (χ3v) is 2.66. The molecule has 0 amide bonds. The lowest BCUT2D eigenvalue weighted by atomic mass is 10.2. The summed E-state index contributed by atoms with van der Waals surface area (Å²) < 4.78 is 20.4. The van der Waals surface area contributed by atoms with Gasteiger partial charge in [-0.05, 0) is 26.0 Å². The van der Waals surface area contributed by atoms with Gasteiger partial charge in [0.25, 0.3) is 0 Å². The molecule has 0 radical (unpaired) electrons. The predicted molar refractivity (Wildman–Crippen MR) is 61.8 cm³/mol. The van der Waals surface area contributed by atoms with E-state index in [0.29, 0.717) is 25.2 Å². The second-order valence-corrected chi connectivity index (χ2v) is 3.85. The lowest BCUT2D eigenvalue weighted by molar-refractivity contribution is 0.453. The summed E-state index contributed by atoms with van der Waals surface area (Å²) >= 11 is 0. The molecule has 0 fully saturated rings. The fourth-order valence-corrected chi connectivity index (χ4v) is 1.72. The smallest absolute Gasteiger partial charge is 0.216 e. The first kappa shape index (κ1) is 11.9. The van der Waals surface area contributed by atoms with Crippen molar-refractivity contribution in [2.75, 3.05) is 0 Å². The Balaban J connectivity index is 1.97. The van der Waals surface area contributed by atoms with Crippen LogP contribution in [0.3, 0.4) is 0 Å². The molecule has 1 N–H and O–H groups in total. The van der Waals surface area contributed by atoms with Crippen LogP contribution in [0.25, 0.3) is 0 Å². The Hall–Kier alpha value is -1.62. The maximum absolute atomic E-state index is 13.8. The summed E-state index contributed by atoms with van der Waals surface area (Å²) in [6, 6.07) is 3.71. The van der Waals surface area contributed by atoms with Crippen molar-refractivity contribution in [2.45, 2.75) is 33.5 Å². The van der Waals surface area contributed by atoms with Gasteiger partial charge in [0.2, 0.25) is 5.95 Å². The van der Waals surface area contributed by atoms with Crippen molar-refractivity contribution < 1.29 is 8.81 Å². The van der Waals surface area contributed by atoms with E-state index in [1.54, 1.807) is 6.26 Å². The molecule has 0 aliphatic rings. The van der Waals surface area contributed by atoms with Crippen LogP contribution in [0.2, 0.25) is 0 Å². The zero-order valence-electron chi connectivity index (χ0n) is 10.0. The van der Waals surface area contributed by atoms with Crippen molar-refractivity contribution in [1.82, 2.24) is 15.1 Å². The second-order valence-electron chi connectivity index (χ2n) is 3.85. The molecule has 0 spiro atoms. The van der Waals surface area contributed by atoms with Gasteiger partial charge in [0, 0.05) is 18.7 Å². The average molecular weight is 237 g/mol. The summed E-state index contributed by atoms with van der Waals surface area (Å²) in [5, 5.41) is 7.26. The molecule has 92 valence electrons. The summed E-state index contributed by atoms with van der Waals surface area (Å²) in [7, 11) is 0. The molecular weight excluding hydrogens is 221 g/mol. The quantitative estimate of drug-likeness (QED) is 0.867. The molecule has 4 nitrogen and oxygen atoms in total. The molecule has 2 heterocycles. The topological polar surface area (TPSA) is 43.0 Å². The highest BCUT2D eigenvalue weighted by atomic mass is 19.1. The second kappa shape index (κ2) is 5.14. The molecule has 2 aromatic rings. The number of hydrogen-bond donors (Lipinski definition) is 1. The molecule has 0 atom stereocenters. The molecule has 0 unspecified atom stereocenters. The van der Waals surface area contributed by atoms with Gasteiger partial charge in [-0.1, -0.05) is 0 Å². The minimum atomic E-state index is -0.253. The third kappa shape index (κ3) is 2.55. The van der Waals surface area contributed by atoms with E-state index in [0.717, 1.165) is 11.5 Å². The fourth-order valence-electron chi connectivity index (χ4n) is 1.72. The predicted octanol–water partition coefficient (Wildman–Crippen LogP) is 2.23. The van der Waals surface area contributed by atoms with E-state index in [-0.39, 0.29) is 5.95 Å². The minimum Gasteiger partial charge on any atom is -0.468 e. The molecule has 0 bridgehead atoms. The molecule has 5 heteroatoms. The number of furan rings is 1. The summed E-state index contributed by atoms with van der Waals surface area (Å²) in [6.07, 6.45) is 1.62.